The molecule has 0 radical (unpaired) electrons. The fourth-order valence-electron chi connectivity index (χ4n) is 4.09. The second-order valence-corrected chi connectivity index (χ2v) is 6.91. The Hall–Kier alpha value is -2.52. The molecule has 2 heterocycles. The van der Waals surface area contributed by atoms with Crippen molar-refractivity contribution in [3.8, 4) is 23.0 Å². The summed E-state index contributed by atoms with van der Waals surface area (Å²) in [5.41, 5.74) is 1.29. The van der Waals surface area contributed by atoms with E-state index in [0.717, 1.165) is 0 Å². The Labute approximate surface area is 161 Å². The first-order chi connectivity index (χ1) is 13.4. The summed E-state index contributed by atoms with van der Waals surface area (Å²) in [5.74, 6) is -0.556. The predicted octanol–water partition coefficient (Wildman–Crippen LogP) is 1.83. The Bertz CT molecular complexity index is 798. The van der Waals surface area contributed by atoms with Gasteiger partial charge in [0.05, 0.1) is 38.3 Å². The lowest BCUT2D eigenvalue weighted by Crippen LogP contribution is -2.23. The second-order valence-electron chi connectivity index (χ2n) is 6.91. The maximum atomic E-state index is 10.6. The van der Waals surface area contributed by atoms with Gasteiger partial charge in [-0.25, -0.2) is 0 Å². The molecule has 4 rings (SSSR count). The van der Waals surface area contributed by atoms with Crippen LogP contribution in [0.1, 0.15) is 23.3 Å². The molecule has 2 aromatic carbocycles. The number of aliphatic hydroxyl groups excluding tert-OH is 2. The molecule has 0 saturated carbocycles. The largest absolute Gasteiger partial charge is 0.504 e. The zero-order chi connectivity index (χ0) is 20.0. The summed E-state index contributed by atoms with van der Waals surface area (Å²) >= 11 is 0. The molecule has 0 aliphatic carbocycles. The van der Waals surface area contributed by atoms with Gasteiger partial charge >= 0.3 is 0 Å². The van der Waals surface area contributed by atoms with Crippen molar-refractivity contribution in [1.29, 1.82) is 0 Å². The number of ether oxygens (including phenoxy) is 4. The number of aromatic hydroxyl groups is 2. The van der Waals surface area contributed by atoms with Crippen molar-refractivity contribution in [1.82, 2.24) is 0 Å². The molecule has 2 aliphatic rings. The number of fused-ring (bicyclic) bond motifs is 1. The molecule has 4 N–H and O–H groups in total. The summed E-state index contributed by atoms with van der Waals surface area (Å²) < 4.78 is 21.8. The smallest absolute Gasteiger partial charge is 0.161 e. The maximum absolute atomic E-state index is 10.6. The van der Waals surface area contributed by atoms with Crippen molar-refractivity contribution >= 4 is 0 Å². The van der Waals surface area contributed by atoms with E-state index in [9.17, 15) is 20.4 Å². The molecule has 2 aromatic rings. The molecule has 0 bridgehead atoms. The number of phenolic OH excluding ortho intramolecular Hbond substituents is 2. The van der Waals surface area contributed by atoms with Crippen LogP contribution in [0.25, 0.3) is 0 Å². The van der Waals surface area contributed by atoms with Crippen LogP contribution in [0.3, 0.4) is 0 Å². The molecule has 28 heavy (non-hydrogen) atoms. The van der Waals surface area contributed by atoms with E-state index in [-0.39, 0.29) is 23.0 Å². The minimum Gasteiger partial charge on any atom is -0.504 e. The van der Waals surface area contributed by atoms with Gasteiger partial charge in [-0.05, 0) is 35.4 Å². The monoisotopic (exact) mass is 390 g/mol. The van der Waals surface area contributed by atoms with Crippen molar-refractivity contribution < 1.29 is 39.4 Å². The average molecular weight is 390 g/mol. The molecule has 6 atom stereocenters. The van der Waals surface area contributed by atoms with Gasteiger partial charge in [0.15, 0.2) is 35.6 Å². The zero-order valence-corrected chi connectivity index (χ0v) is 15.4. The Morgan fingerprint density at radius 1 is 0.714 bits per heavy atom. The molecular weight excluding hydrogens is 368 g/mol. The lowest BCUT2D eigenvalue weighted by atomic mass is 9.83. The quantitative estimate of drug-likeness (QED) is 0.625. The maximum Gasteiger partial charge on any atom is 0.161 e. The van der Waals surface area contributed by atoms with E-state index in [4.69, 9.17) is 18.9 Å². The lowest BCUT2D eigenvalue weighted by molar-refractivity contribution is -0.173. The Morgan fingerprint density at radius 3 is 1.46 bits per heavy atom. The van der Waals surface area contributed by atoms with E-state index in [1.807, 2.05) is 0 Å². The first kappa shape index (κ1) is 18.8. The minimum absolute atomic E-state index is 0.0152. The van der Waals surface area contributed by atoms with Gasteiger partial charge < -0.3 is 39.4 Å². The summed E-state index contributed by atoms with van der Waals surface area (Å²) in [6.45, 7) is 0. The highest BCUT2D eigenvalue weighted by Gasteiger charge is 2.57. The molecule has 2 saturated heterocycles. The number of hydrogen-bond acceptors (Lipinski definition) is 8. The highest BCUT2D eigenvalue weighted by Crippen LogP contribution is 2.55. The van der Waals surface area contributed by atoms with Crippen molar-refractivity contribution in [2.75, 3.05) is 14.2 Å². The Morgan fingerprint density at radius 2 is 1.11 bits per heavy atom. The first-order valence-electron chi connectivity index (χ1n) is 8.85. The van der Waals surface area contributed by atoms with Gasteiger partial charge in [-0.15, -0.1) is 0 Å². The molecule has 8 heteroatoms. The molecule has 0 spiro atoms. The fraction of sp³-hybridized carbons (Fsp3) is 0.400. The average Bonchev–Trinajstić information content (AvgIpc) is 3.21. The van der Waals surface area contributed by atoms with E-state index >= 15 is 0 Å². The van der Waals surface area contributed by atoms with Crippen LogP contribution in [0.15, 0.2) is 36.4 Å². The van der Waals surface area contributed by atoms with Crippen LogP contribution in [-0.4, -0.2) is 47.2 Å². The van der Waals surface area contributed by atoms with E-state index < -0.39 is 36.6 Å². The third-order valence-corrected chi connectivity index (χ3v) is 5.44. The third kappa shape index (κ3) is 2.94. The topological polar surface area (TPSA) is 118 Å². The molecule has 2 fully saturated rings. The number of aliphatic hydroxyl groups is 2. The zero-order valence-electron chi connectivity index (χ0n) is 15.4. The lowest BCUT2D eigenvalue weighted by Gasteiger charge is -2.21. The van der Waals surface area contributed by atoms with Gasteiger partial charge in [0.2, 0.25) is 0 Å². The van der Waals surface area contributed by atoms with Gasteiger partial charge in [-0.3, -0.25) is 0 Å². The number of rotatable bonds is 4. The van der Waals surface area contributed by atoms with Gasteiger partial charge in [0.1, 0.15) is 0 Å². The van der Waals surface area contributed by atoms with E-state index in [0.29, 0.717) is 11.1 Å². The van der Waals surface area contributed by atoms with Crippen molar-refractivity contribution in [2.45, 2.75) is 24.8 Å². The molecule has 8 nitrogen and oxygen atoms in total. The normalized spacial score (nSPS) is 31.6. The predicted molar refractivity (Wildman–Crippen MR) is 96.0 cm³/mol. The van der Waals surface area contributed by atoms with Crippen LogP contribution in [-0.2, 0) is 9.47 Å². The Balaban J connectivity index is 1.67. The van der Waals surface area contributed by atoms with Gasteiger partial charge in [-0.1, -0.05) is 12.1 Å². The molecule has 0 amide bonds. The summed E-state index contributed by atoms with van der Waals surface area (Å²) in [4.78, 5) is 0. The van der Waals surface area contributed by atoms with Crippen molar-refractivity contribution in [3.63, 3.8) is 0 Å². The van der Waals surface area contributed by atoms with Gasteiger partial charge in [-0.2, -0.15) is 0 Å². The highest BCUT2D eigenvalue weighted by molar-refractivity contribution is 5.44. The standard InChI is InChI=1S/C20H22O8/c1-25-13-7-9(3-5-11(13)21)17-15-16(20(24)27-17)18(28-19(15)23)10-4-6-12(22)14(8-10)26-2/h3-8,15-24H,1-2H3. The van der Waals surface area contributed by atoms with Crippen LogP contribution in [0, 0.1) is 11.8 Å². The summed E-state index contributed by atoms with van der Waals surface area (Å²) in [6.07, 6.45) is -3.63. The first-order valence-corrected chi connectivity index (χ1v) is 8.85. The number of methoxy groups -OCH3 is 2. The van der Waals surface area contributed by atoms with E-state index in [1.54, 1.807) is 24.3 Å². The molecule has 2 aliphatic heterocycles. The van der Waals surface area contributed by atoms with Crippen LogP contribution in [0.2, 0.25) is 0 Å². The van der Waals surface area contributed by atoms with Crippen molar-refractivity contribution in [2.24, 2.45) is 11.8 Å². The van der Waals surface area contributed by atoms with Crippen LogP contribution < -0.4 is 9.47 Å². The second kappa shape index (κ2) is 7.14. The molecule has 0 aromatic heterocycles. The number of hydrogen-bond donors (Lipinski definition) is 4. The number of benzene rings is 2. The molecule has 150 valence electrons. The van der Waals surface area contributed by atoms with Gasteiger partial charge in [0.25, 0.3) is 0 Å². The summed E-state index contributed by atoms with van der Waals surface area (Å²) in [5, 5.41) is 40.8. The Kier molecular flexibility index (Phi) is 4.80. The van der Waals surface area contributed by atoms with Crippen LogP contribution >= 0.6 is 0 Å². The number of phenols is 2. The van der Waals surface area contributed by atoms with E-state index in [1.165, 1.54) is 26.4 Å². The van der Waals surface area contributed by atoms with Crippen molar-refractivity contribution in [3.05, 3.63) is 47.5 Å². The van der Waals surface area contributed by atoms with Gasteiger partial charge in [0, 0.05) is 0 Å². The highest BCUT2D eigenvalue weighted by atomic mass is 16.7. The van der Waals surface area contributed by atoms with E-state index in [2.05, 4.69) is 0 Å². The summed E-state index contributed by atoms with van der Waals surface area (Å²) in [6, 6.07) is 9.48. The fourth-order valence-corrected chi connectivity index (χ4v) is 4.09. The summed E-state index contributed by atoms with van der Waals surface area (Å²) in [7, 11) is 2.88. The van der Waals surface area contributed by atoms with Crippen LogP contribution in [0.4, 0.5) is 0 Å². The van der Waals surface area contributed by atoms with Crippen LogP contribution in [0.5, 0.6) is 23.0 Å². The third-order valence-electron chi connectivity index (χ3n) is 5.44. The SMILES string of the molecule is COc1cc(C2OC(O)C3C(c4ccc(O)c(OC)c4)OC(O)C23)ccc1O. The molecule has 6 unspecified atom stereocenters. The molecular formula is C20H22O8. The minimum atomic E-state index is -1.17.